The molecule has 0 radical (unpaired) electrons. The van der Waals surface area contributed by atoms with Gasteiger partial charge in [-0.3, -0.25) is 14.5 Å². The molecule has 3 heterocycles. The maximum Gasteiger partial charge on any atom is 0.323 e. The van der Waals surface area contributed by atoms with E-state index in [1.54, 1.807) is 0 Å². The summed E-state index contributed by atoms with van der Waals surface area (Å²) in [6, 6.07) is -0.109. The fourth-order valence-corrected chi connectivity index (χ4v) is 3.80. The normalized spacial score (nSPS) is 32.2. The van der Waals surface area contributed by atoms with Gasteiger partial charge in [0.25, 0.3) is 0 Å². The molecule has 0 unspecified atom stereocenters. The molecular weight excluding hydrogens is 268 g/mol. The van der Waals surface area contributed by atoms with Crippen LogP contribution in [0, 0.1) is 11.8 Å². The van der Waals surface area contributed by atoms with Gasteiger partial charge in [-0.05, 0) is 38.1 Å². The maximum absolute atomic E-state index is 12.7. The van der Waals surface area contributed by atoms with E-state index in [0.717, 1.165) is 64.2 Å². The maximum atomic E-state index is 12.7. The van der Waals surface area contributed by atoms with Crippen LogP contribution in [0.1, 0.15) is 39.0 Å². The zero-order valence-electron chi connectivity index (χ0n) is 12.9. The highest BCUT2D eigenvalue weighted by molar-refractivity contribution is 5.80. The number of cyclic esters (lactones) is 1. The van der Waals surface area contributed by atoms with Crippen molar-refractivity contribution in [1.82, 2.24) is 9.80 Å². The molecule has 0 bridgehead atoms. The number of esters is 1. The van der Waals surface area contributed by atoms with Crippen LogP contribution in [0.2, 0.25) is 0 Å². The van der Waals surface area contributed by atoms with Crippen LogP contribution >= 0.6 is 0 Å². The number of hydrogen-bond acceptors (Lipinski definition) is 4. The van der Waals surface area contributed by atoms with E-state index in [1.165, 1.54) is 0 Å². The Hall–Kier alpha value is -1.10. The quantitative estimate of drug-likeness (QED) is 0.720. The van der Waals surface area contributed by atoms with Crippen molar-refractivity contribution in [1.29, 1.82) is 0 Å². The third-order valence-corrected chi connectivity index (χ3v) is 5.25. The summed E-state index contributed by atoms with van der Waals surface area (Å²) in [5.74, 6) is 1.01. The summed E-state index contributed by atoms with van der Waals surface area (Å²) in [5, 5.41) is 0. The van der Waals surface area contributed by atoms with Gasteiger partial charge in [-0.15, -0.1) is 0 Å². The first kappa shape index (κ1) is 14.8. The lowest BCUT2D eigenvalue weighted by atomic mass is 9.92. The molecule has 0 aromatic carbocycles. The predicted molar refractivity (Wildman–Crippen MR) is 78.6 cm³/mol. The first-order valence-corrected chi connectivity index (χ1v) is 8.34. The van der Waals surface area contributed by atoms with Gasteiger partial charge in [0.15, 0.2) is 0 Å². The van der Waals surface area contributed by atoms with E-state index in [9.17, 15) is 9.59 Å². The largest absolute Gasteiger partial charge is 0.464 e. The fraction of sp³-hybridized carbons (Fsp3) is 0.875. The molecule has 5 heteroatoms. The molecule has 3 aliphatic rings. The number of likely N-dealkylation sites (tertiary alicyclic amines) is 2. The molecule has 2 atom stereocenters. The van der Waals surface area contributed by atoms with Crippen LogP contribution in [0.3, 0.4) is 0 Å². The van der Waals surface area contributed by atoms with Crippen molar-refractivity contribution in [3.8, 4) is 0 Å². The van der Waals surface area contributed by atoms with Crippen LogP contribution in [0.5, 0.6) is 0 Å². The minimum atomic E-state index is -0.109. The van der Waals surface area contributed by atoms with E-state index >= 15 is 0 Å². The molecule has 21 heavy (non-hydrogen) atoms. The zero-order valence-corrected chi connectivity index (χ0v) is 12.9. The number of piperidine rings is 2. The molecule has 3 aliphatic heterocycles. The molecule has 0 spiro atoms. The number of carbonyl (C=O) groups is 2. The molecule has 118 valence electrons. The predicted octanol–water partition coefficient (Wildman–Crippen LogP) is 1.27. The van der Waals surface area contributed by atoms with Gasteiger partial charge in [0.05, 0.1) is 12.5 Å². The average Bonchev–Trinajstić information content (AvgIpc) is 2.94. The van der Waals surface area contributed by atoms with E-state index in [1.807, 2.05) is 4.90 Å². The molecule has 0 saturated carbocycles. The lowest BCUT2D eigenvalue weighted by Crippen LogP contribution is -2.50. The molecule has 3 fully saturated rings. The number of nitrogens with zero attached hydrogens (tertiary/aromatic N) is 2. The Morgan fingerprint density at radius 3 is 2.57 bits per heavy atom. The lowest BCUT2D eigenvalue weighted by molar-refractivity contribution is -0.145. The fourth-order valence-electron chi connectivity index (χ4n) is 3.80. The summed E-state index contributed by atoms with van der Waals surface area (Å²) >= 11 is 0. The van der Waals surface area contributed by atoms with Crippen LogP contribution in [-0.2, 0) is 14.3 Å². The van der Waals surface area contributed by atoms with Gasteiger partial charge < -0.3 is 9.64 Å². The van der Waals surface area contributed by atoms with E-state index in [-0.39, 0.29) is 17.9 Å². The highest BCUT2D eigenvalue weighted by Gasteiger charge is 2.38. The van der Waals surface area contributed by atoms with Crippen molar-refractivity contribution in [3.05, 3.63) is 0 Å². The van der Waals surface area contributed by atoms with E-state index in [4.69, 9.17) is 4.74 Å². The molecule has 0 aliphatic carbocycles. The van der Waals surface area contributed by atoms with Gasteiger partial charge >= 0.3 is 5.97 Å². The Balaban J connectivity index is 1.57. The Morgan fingerprint density at radius 2 is 1.90 bits per heavy atom. The van der Waals surface area contributed by atoms with Gasteiger partial charge in [-0.1, -0.05) is 6.92 Å². The molecule has 0 aromatic heterocycles. The molecule has 3 rings (SSSR count). The van der Waals surface area contributed by atoms with Gasteiger partial charge in [0.2, 0.25) is 5.91 Å². The smallest absolute Gasteiger partial charge is 0.323 e. The van der Waals surface area contributed by atoms with E-state index in [2.05, 4.69) is 11.8 Å². The zero-order chi connectivity index (χ0) is 14.8. The van der Waals surface area contributed by atoms with Crippen molar-refractivity contribution >= 4 is 11.9 Å². The Labute approximate surface area is 126 Å². The molecule has 5 nitrogen and oxygen atoms in total. The van der Waals surface area contributed by atoms with Crippen LogP contribution in [-0.4, -0.2) is 60.5 Å². The minimum absolute atomic E-state index is 0.0700. The van der Waals surface area contributed by atoms with Crippen LogP contribution in [0.25, 0.3) is 0 Å². The summed E-state index contributed by atoms with van der Waals surface area (Å²) in [5.41, 5.74) is 0. The van der Waals surface area contributed by atoms with E-state index in [0.29, 0.717) is 12.5 Å². The Bertz CT molecular complexity index is 404. The number of ether oxygens (including phenoxy) is 1. The van der Waals surface area contributed by atoms with Gasteiger partial charge in [-0.25, -0.2) is 0 Å². The molecule has 0 aromatic rings. The summed E-state index contributed by atoms with van der Waals surface area (Å²) in [4.78, 5) is 28.6. The van der Waals surface area contributed by atoms with Crippen LogP contribution in [0.4, 0.5) is 0 Å². The van der Waals surface area contributed by atoms with Crippen molar-refractivity contribution in [2.75, 3.05) is 32.8 Å². The second kappa shape index (κ2) is 6.34. The molecule has 0 N–H and O–H groups in total. The highest BCUT2D eigenvalue weighted by atomic mass is 16.5. The Kier molecular flexibility index (Phi) is 4.48. The van der Waals surface area contributed by atoms with Crippen molar-refractivity contribution < 1.29 is 14.3 Å². The summed E-state index contributed by atoms with van der Waals surface area (Å²) in [7, 11) is 0. The Morgan fingerprint density at radius 1 is 1.14 bits per heavy atom. The van der Waals surface area contributed by atoms with Gasteiger partial charge in [-0.2, -0.15) is 0 Å². The van der Waals surface area contributed by atoms with Crippen LogP contribution < -0.4 is 0 Å². The second-order valence-corrected chi connectivity index (χ2v) is 6.81. The number of amides is 1. The summed E-state index contributed by atoms with van der Waals surface area (Å²) < 4.78 is 5.07. The monoisotopic (exact) mass is 294 g/mol. The first-order valence-electron chi connectivity index (χ1n) is 8.34. The standard InChI is InChI=1S/C16H26N2O3/c1-12-4-8-17(9-5-12)15(19)13-3-2-7-18(11-13)14-6-10-21-16(14)20/h12-14H,2-11H2,1H3/t13-,14-/m1/s1. The third kappa shape index (κ3) is 3.23. The summed E-state index contributed by atoms with van der Waals surface area (Å²) in [6.45, 7) is 6.24. The number of rotatable bonds is 2. The molecule has 3 saturated heterocycles. The average molecular weight is 294 g/mol. The first-order chi connectivity index (χ1) is 10.1. The SMILES string of the molecule is CC1CCN(C(=O)[C@@H]2CCCN([C@@H]3CCOC3=O)C2)CC1. The molecule has 1 amide bonds. The summed E-state index contributed by atoms with van der Waals surface area (Å²) in [6.07, 6.45) is 4.99. The second-order valence-electron chi connectivity index (χ2n) is 6.81. The lowest BCUT2D eigenvalue weighted by Gasteiger charge is -2.38. The number of carbonyl (C=O) groups excluding carboxylic acids is 2. The third-order valence-electron chi connectivity index (χ3n) is 5.25. The van der Waals surface area contributed by atoms with Gasteiger partial charge in [0.1, 0.15) is 6.04 Å². The minimum Gasteiger partial charge on any atom is -0.464 e. The van der Waals surface area contributed by atoms with Gasteiger partial charge in [0, 0.05) is 26.1 Å². The topological polar surface area (TPSA) is 49.9 Å². The van der Waals surface area contributed by atoms with Crippen molar-refractivity contribution in [3.63, 3.8) is 0 Å². The van der Waals surface area contributed by atoms with Crippen molar-refractivity contribution in [2.45, 2.75) is 45.1 Å². The van der Waals surface area contributed by atoms with E-state index < -0.39 is 0 Å². The number of hydrogen-bond donors (Lipinski definition) is 0. The van der Waals surface area contributed by atoms with Crippen molar-refractivity contribution in [2.24, 2.45) is 11.8 Å². The highest BCUT2D eigenvalue weighted by Crippen LogP contribution is 2.26. The van der Waals surface area contributed by atoms with Crippen LogP contribution in [0.15, 0.2) is 0 Å². The molecular formula is C16H26N2O3.